The Labute approximate surface area is 156 Å². The van der Waals surface area contributed by atoms with Crippen LogP contribution in [-0.2, 0) is 22.4 Å². The van der Waals surface area contributed by atoms with Crippen LogP contribution in [0.3, 0.4) is 0 Å². The molecule has 2 aliphatic rings. The number of carbonyl (C=O) groups is 2. The lowest BCUT2D eigenvalue weighted by Gasteiger charge is -2.26. The Bertz CT molecular complexity index is 848. The number of hydrogen-bond donors (Lipinski definition) is 2. The highest BCUT2D eigenvalue weighted by Crippen LogP contribution is 2.31. The van der Waals surface area contributed by atoms with Gasteiger partial charge < -0.3 is 11.1 Å². The van der Waals surface area contributed by atoms with Crippen molar-refractivity contribution in [3.8, 4) is 0 Å². The van der Waals surface area contributed by atoms with E-state index >= 15 is 0 Å². The van der Waals surface area contributed by atoms with E-state index in [4.69, 9.17) is 5.73 Å². The number of aromatic nitrogens is 1. The summed E-state index contributed by atoms with van der Waals surface area (Å²) in [7, 11) is 0. The third-order valence-electron chi connectivity index (χ3n) is 5.00. The fraction of sp³-hybridized carbons (Fsp3) is 0.421. The monoisotopic (exact) mass is 370 g/mol. The third kappa shape index (κ3) is 3.44. The Kier molecular flexibility index (Phi) is 4.63. The first-order valence-corrected chi connectivity index (χ1v) is 9.90. The molecule has 1 fully saturated rings. The molecule has 1 aliphatic carbocycles. The number of anilines is 2. The number of fused-ring (bicyclic) bond motifs is 1. The minimum absolute atomic E-state index is 0.0325. The molecule has 2 amide bonds. The van der Waals surface area contributed by atoms with Gasteiger partial charge in [-0.05, 0) is 48.9 Å². The van der Waals surface area contributed by atoms with Crippen molar-refractivity contribution in [3.63, 3.8) is 0 Å². The SMILES string of the molecule is Nc1ccc2c(c1)CCCC2NC(=O)Cc1csc(N2CCCC2=O)n1. The van der Waals surface area contributed by atoms with E-state index in [0.717, 1.165) is 43.6 Å². The van der Waals surface area contributed by atoms with Crippen molar-refractivity contribution in [2.75, 3.05) is 17.2 Å². The van der Waals surface area contributed by atoms with Crippen molar-refractivity contribution in [2.24, 2.45) is 0 Å². The van der Waals surface area contributed by atoms with E-state index in [0.29, 0.717) is 11.6 Å². The number of rotatable bonds is 4. The lowest BCUT2D eigenvalue weighted by Crippen LogP contribution is -2.32. The van der Waals surface area contributed by atoms with Crippen LogP contribution < -0.4 is 16.0 Å². The average Bonchev–Trinajstić information content (AvgIpc) is 3.23. The molecule has 2 heterocycles. The second-order valence-corrected chi connectivity index (χ2v) is 7.75. The molecule has 4 rings (SSSR count). The molecule has 2 aromatic rings. The Morgan fingerprint density at radius 3 is 3.04 bits per heavy atom. The molecular weight excluding hydrogens is 348 g/mol. The van der Waals surface area contributed by atoms with E-state index in [9.17, 15) is 9.59 Å². The normalized spacial score (nSPS) is 19.5. The summed E-state index contributed by atoms with van der Waals surface area (Å²) < 4.78 is 0. The number of amides is 2. The molecule has 136 valence electrons. The zero-order chi connectivity index (χ0) is 18.1. The second-order valence-electron chi connectivity index (χ2n) is 6.92. The van der Waals surface area contributed by atoms with Crippen LogP contribution in [-0.4, -0.2) is 23.3 Å². The minimum atomic E-state index is -0.0377. The molecule has 1 aliphatic heterocycles. The summed E-state index contributed by atoms with van der Waals surface area (Å²) >= 11 is 1.43. The van der Waals surface area contributed by atoms with Crippen LogP contribution in [0.2, 0.25) is 0 Å². The third-order valence-corrected chi connectivity index (χ3v) is 5.91. The minimum Gasteiger partial charge on any atom is -0.399 e. The van der Waals surface area contributed by atoms with Crippen LogP contribution in [0.1, 0.15) is 48.5 Å². The number of benzene rings is 1. The van der Waals surface area contributed by atoms with Crippen molar-refractivity contribution >= 4 is 34.0 Å². The lowest BCUT2D eigenvalue weighted by atomic mass is 9.87. The van der Waals surface area contributed by atoms with Gasteiger partial charge in [0.1, 0.15) is 0 Å². The number of nitrogens with two attached hydrogens (primary N) is 1. The average molecular weight is 370 g/mol. The lowest BCUT2D eigenvalue weighted by molar-refractivity contribution is -0.121. The number of nitrogen functional groups attached to an aromatic ring is 1. The first kappa shape index (κ1) is 17.0. The molecule has 0 saturated carbocycles. The van der Waals surface area contributed by atoms with Crippen LogP contribution in [0.25, 0.3) is 0 Å². The summed E-state index contributed by atoms with van der Waals surface area (Å²) in [4.78, 5) is 30.5. The first-order chi connectivity index (χ1) is 12.6. The number of carbonyl (C=O) groups excluding carboxylic acids is 2. The van der Waals surface area contributed by atoms with Crippen LogP contribution in [0, 0.1) is 0 Å². The highest BCUT2D eigenvalue weighted by atomic mass is 32.1. The Hall–Kier alpha value is -2.41. The molecule has 7 heteroatoms. The molecule has 1 aromatic heterocycles. The van der Waals surface area contributed by atoms with Gasteiger partial charge in [-0.1, -0.05) is 6.07 Å². The number of thiazole rings is 1. The van der Waals surface area contributed by atoms with E-state index in [1.54, 1.807) is 4.90 Å². The van der Waals surface area contributed by atoms with E-state index in [2.05, 4.69) is 10.3 Å². The van der Waals surface area contributed by atoms with Crippen LogP contribution >= 0.6 is 11.3 Å². The quantitative estimate of drug-likeness (QED) is 0.810. The van der Waals surface area contributed by atoms with Gasteiger partial charge in [0, 0.05) is 24.0 Å². The van der Waals surface area contributed by atoms with Crippen LogP contribution in [0.4, 0.5) is 10.8 Å². The highest BCUT2D eigenvalue weighted by Gasteiger charge is 2.25. The Balaban J connectivity index is 1.41. The van der Waals surface area contributed by atoms with Crippen molar-refractivity contribution < 1.29 is 9.59 Å². The number of nitrogens with zero attached hydrogens (tertiary/aromatic N) is 2. The van der Waals surface area contributed by atoms with Gasteiger partial charge in [0.25, 0.3) is 0 Å². The predicted octanol–water partition coefficient (Wildman–Crippen LogP) is 2.59. The van der Waals surface area contributed by atoms with Gasteiger partial charge in [-0.3, -0.25) is 14.5 Å². The second kappa shape index (κ2) is 7.07. The maximum absolute atomic E-state index is 12.5. The largest absolute Gasteiger partial charge is 0.399 e. The summed E-state index contributed by atoms with van der Waals surface area (Å²) in [5, 5.41) is 5.71. The van der Waals surface area contributed by atoms with E-state index in [1.807, 2.05) is 23.6 Å². The van der Waals surface area contributed by atoms with E-state index in [1.165, 1.54) is 22.5 Å². The van der Waals surface area contributed by atoms with Crippen LogP contribution in [0.5, 0.6) is 0 Å². The zero-order valence-electron chi connectivity index (χ0n) is 14.5. The van der Waals surface area contributed by atoms with Gasteiger partial charge in [0.2, 0.25) is 11.8 Å². The van der Waals surface area contributed by atoms with E-state index in [-0.39, 0.29) is 24.3 Å². The van der Waals surface area contributed by atoms with Crippen LogP contribution in [0.15, 0.2) is 23.6 Å². The maximum atomic E-state index is 12.5. The molecule has 26 heavy (non-hydrogen) atoms. The van der Waals surface area contributed by atoms with Crippen molar-refractivity contribution in [3.05, 3.63) is 40.4 Å². The van der Waals surface area contributed by atoms with Gasteiger partial charge in [-0.2, -0.15) is 0 Å². The van der Waals surface area contributed by atoms with Crippen molar-refractivity contribution in [2.45, 2.75) is 44.6 Å². The van der Waals surface area contributed by atoms with Crippen molar-refractivity contribution in [1.29, 1.82) is 0 Å². The summed E-state index contributed by atoms with van der Waals surface area (Å²) in [6.45, 7) is 0.722. The van der Waals surface area contributed by atoms with Crippen molar-refractivity contribution in [1.82, 2.24) is 10.3 Å². The predicted molar refractivity (Wildman–Crippen MR) is 102 cm³/mol. The maximum Gasteiger partial charge on any atom is 0.228 e. The zero-order valence-corrected chi connectivity index (χ0v) is 15.3. The Morgan fingerprint density at radius 1 is 1.35 bits per heavy atom. The standard InChI is InChI=1S/C19H22N4O2S/c20-13-6-7-15-12(9-13)3-1-4-16(15)22-17(24)10-14-11-26-19(21-14)23-8-2-5-18(23)25/h6-7,9,11,16H,1-5,8,10,20H2,(H,22,24). The summed E-state index contributed by atoms with van der Waals surface area (Å²) in [5.74, 6) is 0.0812. The first-order valence-electron chi connectivity index (χ1n) is 9.02. The number of hydrogen-bond acceptors (Lipinski definition) is 5. The summed E-state index contributed by atoms with van der Waals surface area (Å²) in [6, 6.07) is 5.95. The topological polar surface area (TPSA) is 88.3 Å². The molecule has 1 aromatic carbocycles. The molecule has 3 N–H and O–H groups in total. The van der Waals surface area contributed by atoms with Gasteiger partial charge in [-0.25, -0.2) is 4.98 Å². The smallest absolute Gasteiger partial charge is 0.228 e. The number of aryl methyl sites for hydroxylation is 1. The molecule has 6 nitrogen and oxygen atoms in total. The number of nitrogens with one attached hydrogen (secondary N) is 1. The fourth-order valence-electron chi connectivity index (χ4n) is 3.75. The highest BCUT2D eigenvalue weighted by molar-refractivity contribution is 7.14. The summed E-state index contributed by atoms with van der Waals surface area (Å²) in [6.07, 6.45) is 4.68. The van der Waals surface area contributed by atoms with E-state index < -0.39 is 0 Å². The molecule has 1 unspecified atom stereocenters. The van der Waals surface area contributed by atoms with Gasteiger partial charge in [0.15, 0.2) is 5.13 Å². The molecule has 0 radical (unpaired) electrons. The molecule has 0 spiro atoms. The molecule has 1 saturated heterocycles. The molecule has 0 bridgehead atoms. The molecular formula is C19H22N4O2S. The van der Waals surface area contributed by atoms with Gasteiger partial charge in [-0.15, -0.1) is 11.3 Å². The molecule has 1 atom stereocenters. The summed E-state index contributed by atoms with van der Waals surface area (Å²) in [5.41, 5.74) is 9.75. The van der Waals surface area contributed by atoms with Gasteiger partial charge in [0.05, 0.1) is 18.2 Å². The van der Waals surface area contributed by atoms with Gasteiger partial charge >= 0.3 is 0 Å². The fourth-order valence-corrected chi connectivity index (χ4v) is 4.61. The Morgan fingerprint density at radius 2 is 2.23 bits per heavy atom.